The maximum Gasteiger partial charge on any atom is 0.416 e. The summed E-state index contributed by atoms with van der Waals surface area (Å²) in [4.78, 5) is 2.10. The van der Waals surface area contributed by atoms with Crippen molar-refractivity contribution in [3.63, 3.8) is 0 Å². The summed E-state index contributed by atoms with van der Waals surface area (Å²) in [7, 11) is 0. The number of rotatable bonds is 4. The average Bonchev–Trinajstić information content (AvgIpc) is 2.45. The normalized spacial score (nSPS) is 16.7. The van der Waals surface area contributed by atoms with E-state index in [0.717, 1.165) is 50.0 Å². The number of phenolic OH excluding ortho intramolecular Hbond substituents is 1. The lowest BCUT2D eigenvalue weighted by molar-refractivity contribution is -0.137. The molecular formula is C16H23Cl2F3N2O. The molecule has 0 unspecified atom stereocenters. The van der Waals surface area contributed by atoms with Gasteiger partial charge in [-0.3, -0.25) is 4.90 Å². The average molecular weight is 387 g/mol. The van der Waals surface area contributed by atoms with Gasteiger partial charge in [-0.15, -0.1) is 31.4 Å². The Bertz CT molecular complexity index is 547. The number of phenols is 1. The molecule has 1 aliphatic rings. The number of piperazine rings is 1. The van der Waals surface area contributed by atoms with Crippen molar-refractivity contribution in [1.82, 2.24) is 10.2 Å². The van der Waals surface area contributed by atoms with Gasteiger partial charge in [0.1, 0.15) is 5.75 Å². The monoisotopic (exact) mass is 386 g/mol. The zero-order valence-electron chi connectivity index (χ0n) is 13.4. The third-order valence-corrected chi connectivity index (χ3v) is 3.85. The number of nitrogens with zero attached hydrogens (tertiary/aromatic N) is 1. The van der Waals surface area contributed by atoms with E-state index in [-0.39, 0.29) is 36.6 Å². The van der Waals surface area contributed by atoms with Crippen molar-refractivity contribution in [3.05, 3.63) is 41.5 Å². The van der Waals surface area contributed by atoms with Gasteiger partial charge in [-0.1, -0.05) is 5.57 Å². The molecular weight excluding hydrogens is 364 g/mol. The van der Waals surface area contributed by atoms with E-state index in [1.165, 1.54) is 0 Å². The fraction of sp³-hybridized carbons (Fsp3) is 0.500. The molecule has 0 amide bonds. The Kier molecular flexibility index (Phi) is 9.14. The van der Waals surface area contributed by atoms with Crippen LogP contribution in [-0.2, 0) is 6.18 Å². The van der Waals surface area contributed by atoms with Crippen molar-refractivity contribution >= 4 is 24.8 Å². The van der Waals surface area contributed by atoms with E-state index in [2.05, 4.69) is 16.8 Å². The number of aromatic hydroxyl groups is 1. The van der Waals surface area contributed by atoms with Crippen LogP contribution in [-0.4, -0.2) is 36.2 Å². The van der Waals surface area contributed by atoms with Gasteiger partial charge in [-0.2, -0.15) is 13.2 Å². The van der Waals surface area contributed by atoms with Crippen LogP contribution in [0.25, 0.3) is 0 Å². The van der Waals surface area contributed by atoms with Crippen LogP contribution in [0.15, 0.2) is 30.4 Å². The molecule has 1 fully saturated rings. The van der Waals surface area contributed by atoms with Crippen molar-refractivity contribution < 1.29 is 18.3 Å². The molecule has 3 nitrogen and oxygen atoms in total. The lowest BCUT2D eigenvalue weighted by Gasteiger charge is -2.36. The first-order valence-corrected chi connectivity index (χ1v) is 7.28. The molecule has 138 valence electrons. The molecule has 0 saturated carbocycles. The first-order valence-electron chi connectivity index (χ1n) is 7.28. The van der Waals surface area contributed by atoms with Crippen LogP contribution in [0.1, 0.15) is 30.5 Å². The van der Waals surface area contributed by atoms with Gasteiger partial charge in [0.2, 0.25) is 0 Å². The molecule has 1 heterocycles. The Balaban J connectivity index is 0.00000264. The van der Waals surface area contributed by atoms with Crippen molar-refractivity contribution in [2.45, 2.75) is 25.6 Å². The minimum absolute atomic E-state index is 0. The van der Waals surface area contributed by atoms with Crippen molar-refractivity contribution in [3.8, 4) is 5.75 Å². The molecule has 8 heteroatoms. The Morgan fingerprint density at radius 2 is 1.88 bits per heavy atom. The van der Waals surface area contributed by atoms with Crippen LogP contribution in [0, 0.1) is 0 Å². The standard InChI is InChI=1S/C16H21F3N2O.2ClH/c1-11(2)9-14(21-7-5-20-6-8-21)13-10-12(16(17,18)19)3-4-15(13)22;;/h3-4,10,14,20,22H,1,5-9H2,2H3;2*1H/t14-;;/m0../s1. The molecule has 2 rings (SSSR count). The highest BCUT2D eigenvalue weighted by atomic mass is 35.5. The van der Waals surface area contributed by atoms with Crippen molar-refractivity contribution in [2.24, 2.45) is 0 Å². The summed E-state index contributed by atoms with van der Waals surface area (Å²) < 4.78 is 38.8. The second-order valence-electron chi connectivity index (χ2n) is 5.73. The molecule has 1 aromatic carbocycles. The summed E-state index contributed by atoms with van der Waals surface area (Å²) in [5.74, 6) is -0.0993. The molecule has 0 bridgehead atoms. The molecule has 1 aromatic rings. The SMILES string of the molecule is C=C(C)C[C@@H](c1cc(C(F)(F)F)ccc1O)N1CCNCC1.Cl.Cl. The zero-order valence-corrected chi connectivity index (χ0v) is 15.0. The molecule has 24 heavy (non-hydrogen) atoms. The highest BCUT2D eigenvalue weighted by molar-refractivity contribution is 5.85. The van der Waals surface area contributed by atoms with E-state index in [9.17, 15) is 18.3 Å². The van der Waals surface area contributed by atoms with Gasteiger partial charge in [0.15, 0.2) is 0 Å². The minimum Gasteiger partial charge on any atom is -0.508 e. The van der Waals surface area contributed by atoms with E-state index in [1.54, 1.807) is 0 Å². The molecule has 1 aliphatic heterocycles. The predicted molar refractivity (Wildman–Crippen MR) is 94.2 cm³/mol. The number of hydrogen-bond donors (Lipinski definition) is 2. The molecule has 0 aliphatic carbocycles. The Hall–Kier alpha value is -0.950. The van der Waals surface area contributed by atoms with E-state index in [1.807, 2.05) is 6.92 Å². The van der Waals surface area contributed by atoms with Gasteiger partial charge < -0.3 is 10.4 Å². The van der Waals surface area contributed by atoms with E-state index >= 15 is 0 Å². The summed E-state index contributed by atoms with van der Waals surface area (Å²) >= 11 is 0. The van der Waals surface area contributed by atoms with Gasteiger partial charge >= 0.3 is 6.18 Å². The number of halogens is 5. The van der Waals surface area contributed by atoms with Crippen molar-refractivity contribution in [2.75, 3.05) is 26.2 Å². The maximum absolute atomic E-state index is 12.9. The van der Waals surface area contributed by atoms with Gasteiger partial charge in [0, 0.05) is 37.8 Å². The van der Waals surface area contributed by atoms with Crippen LogP contribution < -0.4 is 5.32 Å². The molecule has 0 spiro atoms. The van der Waals surface area contributed by atoms with Crippen LogP contribution in [0.4, 0.5) is 13.2 Å². The number of alkyl halides is 3. The van der Waals surface area contributed by atoms with E-state index in [4.69, 9.17) is 0 Å². The number of nitrogens with one attached hydrogen (secondary N) is 1. The smallest absolute Gasteiger partial charge is 0.416 e. The maximum atomic E-state index is 12.9. The second kappa shape index (κ2) is 9.51. The Morgan fingerprint density at radius 3 is 2.38 bits per heavy atom. The zero-order chi connectivity index (χ0) is 16.3. The van der Waals surface area contributed by atoms with Crippen LogP contribution in [0.2, 0.25) is 0 Å². The summed E-state index contributed by atoms with van der Waals surface area (Å²) in [6.45, 7) is 8.74. The Labute approximate surface area is 152 Å². The summed E-state index contributed by atoms with van der Waals surface area (Å²) in [5.41, 5.74) is 0.460. The van der Waals surface area contributed by atoms with Crippen LogP contribution >= 0.6 is 24.8 Å². The van der Waals surface area contributed by atoms with E-state index in [0.29, 0.717) is 12.0 Å². The summed E-state index contributed by atoms with van der Waals surface area (Å²) in [5, 5.41) is 13.3. The molecule has 2 N–H and O–H groups in total. The molecule has 1 atom stereocenters. The lowest BCUT2D eigenvalue weighted by atomic mass is 9.95. The molecule has 0 aromatic heterocycles. The highest BCUT2D eigenvalue weighted by Gasteiger charge is 2.33. The van der Waals surface area contributed by atoms with Gasteiger partial charge in [0.05, 0.1) is 5.56 Å². The first kappa shape index (κ1) is 23.1. The third kappa shape index (κ3) is 5.84. The van der Waals surface area contributed by atoms with Crippen LogP contribution in [0.3, 0.4) is 0 Å². The minimum atomic E-state index is -4.42. The summed E-state index contributed by atoms with van der Waals surface area (Å²) in [6.07, 6.45) is -3.89. The topological polar surface area (TPSA) is 35.5 Å². The van der Waals surface area contributed by atoms with Gasteiger partial charge in [0.25, 0.3) is 0 Å². The Morgan fingerprint density at radius 1 is 1.29 bits per heavy atom. The summed E-state index contributed by atoms with van der Waals surface area (Å²) in [6, 6.07) is 2.81. The fourth-order valence-electron chi connectivity index (χ4n) is 2.76. The number of hydrogen-bond acceptors (Lipinski definition) is 3. The highest BCUT2D eigenvalue weighted by Crippen LogP contribution is 2.38. The molecule has 1 saturated heterocycles. The van der Waals surface area contributed by atoms with Gasteiger partial charge in [-0.25, -0.2) is 0 Å². The fourth-order valence-corrected chi connectivity index (χ4v) is 2.76. The van der Waals surface area contributed by atoms with Crippen LogP contribution in [0.5, 0.6) is 5.75 Å². The molecule has 0 radical (unpaired) electrons. The largest absolute Gasteiger partial charge is 0.508 e. The predicted octanol–water partition coefficient (Wildman–Crippen LogP) is 4.17. The van der Waals surface area contributed by atoms with Crippen molar-refractivity contribution in [1.29, 1.82) is 0 Å². The second-order valence-corrected chi connectivity index (χ2v) is 5.73. The van der Waals surface area contributed by atoms with E-state index < -0.39 is 11.7 Å². The third-order valence-electron chi connectivity index (χ3n) is 3.85. The quantitative estimate of drug-likeness (QED) is 0.762. The number of benzene rings is 1. The van der Waals surface area contributed by atoms with Gasteiger partial charge in [-0.05, 0) is 31.5 Å². The lowest BCUT2D eigenvalue weighted by Crippen LogP contribution is -2.45. The first-order chi connectivity index (χ1) is 10.3.